The maximum atomic E-state index is 12.3. The van der Waals surface area contributed by atoms with E-state index >= 15 is 0 Å². The number of aliphatic carboxylic acids is 1. The molecule has 1 aromatic heterocycles. The second kappa shape index (κ2) is 4.59. The normalized spacial score (nSPS) is 12.9. The van der Waals surface area contributed by atoms with Crippen molar-refractivity contribution in [3.05, 3.63) is 28.5 Å². The quantitative estimate of drug-likeness (QED) is 0.890. The Kier molecular flexibility index (Phi) is 3.58. The third-order valence-electron chi connectivity index (χ3n) is 1.85. The van der Waals surface area contributed by atoms with Crippen LogP contribution in [0.2, 0.25) is 5.02 Å². The standard InChI is InChI=1S/C9H4ClF3N2O2/c10-6-1-4(9(11,12)13)3-15-7(6)5(2-14)8(16)17/h1,3,5H,(H,16,17). The summed E-state index contributed by atoms with van der Waals surface area (Å²) in [5.41, 5.74) is -1.51. The molecule has 0 fully saturated rings. The largest absolute Gasteiger partial charge is 0.480 e. The molecule has 0 aliphatic carbocycles. The van der Waals surface area contributed by atoms with Crippen LogP contribution in [0.1, 0.15) is 17.2 Å². The number of hydrogen-bond donors (Lipinski definition) is 1. The first-order valence-corrected chi connectivity index (χ1v) is 4.50. The van der Waals surface area contributed by atoms with Gasteiger partial charge < -0.3 is 5.11 Å². The van der Waals surface area contributed by atoms with Gasteiger partial charge in [0.15, 0.2) is 5.92 Å². The molecule has 1 atom stereocenters. The Morgan fingerprint density at radius 2 is 2.18 bits per heavy atom. The number of pyridine rings is 1. The van der Waals surface area contributed by atoms with E-state index in [4.69, 9.17) is 22.0 Å². The van der Waals surface area contributed by atoms with E-state index < -0.39 is 34.3 Å². The SMILES string of the molecule is N#CC(C(=O)O)c1ncc(C(F)(F)F)cc1Cl. The molecule has 1 N–H and O–H groups in total. The van der Waals surface area contributed by atoms with Gasteiger partial charge in [0.2, 0.25) is 0 Å². The number of carboxylic acids is 1. The lowest BCUT2D eigenvalue weighted by Crippen LogP contribution is -2.13. The molecule has 0 amide bonds. The smallest absolute Gasteiger partial charge is 0.417 e. The first-order chi connectivity index (χ1) is 7.77. The van der Waals surface area contributed by atoms with E-state index in [1.807, 2.05) is 0 Å². The average molecular weight is 265 g/mol. The number of nitrogens with zero attached hydrogens (tertiary/aromatic N) is 2. The highest BCUT2D eigenvalue weighted by molar-refractivity contribution is 6.31. The first-order valence-electron chi connectivity index (χ1n) is 4.12. The summed E-state index contributed by atoms with van der Waals surface area (Å²) in [6, 6.07) is 1.93. The van der Waals surface area contributed by atoms with Gasteiger partial charge in [-0.25, -0.2) is 0 Å². The summed E-state index contributed by atoms with van der Waals surface area (Å²) >= 11 is 5.48. The lowest BCUT2D eigenvalue weighted by Gasteiger charge is -2.10. The van der Waals surface area contributed by atoms with Crippen molar-refractivity contribution in [3.63, 3.8) is 0 Å². The zero-order chi connectivity index (χ0) is 13.2. The van der Waals surface area contributed by atoms with Gasteiger partial charge in [0.25, 0.3) is 0 Å². The third-order valence-corrected chi connectivity index (χ3v) is 2.15. The van der Waals surface area contributed by atoms with E-state index in [0.717, 1.165) is 0 Å². The molecule has 1 rings (SSSR count). The Balaban J connectivity index is 3.24. The summed E-state index contributed by atoms with van der Waals surface area (Å²) < 4.78 is 36.8. The molecule has 4 nitrogen and oxygen atoms in total. The number of rotatable bonds is 2. The Morgan fingerprint density at radius 3 is 2.53 bits per heavy atom. The monoisotopic (exact) mass is 264 g/mol. The van der Waals surface area contributed by atoms with Crippen LogP contribution in [0.25, 0.3) is 0 Å². The number of halogens is 4. The molecule has 0 aliphatic heterocycles. The van der Waals surface area contributed by atoms with Crippen LogP contribution < -0.4 is 0 Å². The molecule has 0 bridgehead atoms. The van der Waals surface area contributed by atoms with Crippen LogP contribution in [-0.4, -0.2) is 16.1 Å². The first kappa shape index (κ1) is 13.3. The van der Waals surface area contributed by atoms with E-state index in [0.29, 0.717) is 12.3 Å². The van der Waals surface area contributed by atoms with Crippen LogP contribution in [0.3, 0.4) is 0 Å². The van der Waals surface area contributed by atoms with E-state index in [-0.39, 0.29) is 0 Å². The van der Waals surface area contributed by atoms with E-state index in [9.17, 15) is 18.0 Å². The Labute approximate surface area is 98.3 Å². The molecule has 0 aromatic carbocycles. The van der Waals surface area contributed by atoms with Crippen LogP contribution >= 0.6 is 11.6 Å². The van der Waals surface area contributed by atoms with Gasteiger partial charge in [-0.05, 0) is 6.07 Å². The molecule has 0 radical (unpaired) electrons. The number of alkyl halides is 3. The zero-order valence-electron chi connectivity index (χ0n) is 7.99. The fraction of sp³-hybridized carbons (Fsp3) is 0.222. The second-order valence-corrected chi connectivity index (χ2v) is 3.40. The molecule has 0 spiro atoms. The summed E-state index contributed by atoms with van der Waals surface area (Å²) in [4.78, 5) is 13.9. The highest BCUT2D eigenvalue weighted by Gasteiger charge is 2.33. The summed E-state index contributed by atoms with van der Waals surface area (Å²) in [5, 5.41) is 16.7. The molecule has 17 heavy (non-hydrogen) atoms. The summed E-state index contributed by atoms with van der Waals surface area (Å²) in [7, 11) is 0. The van der Waals surface area contributed by atoms with Gasteiger partial charge in [-0.1, -0.05) is 11.6 Å². The van der Waals surface area contributed by atoms with Gasteiger partial charge in [-0.15, -0.1) is 0 Å². The van der Waals surface area contributed by atoms with Gasteiger partial charge in [-0.2, -0.15) is 18.4 Å². The molecule has 1 unspecified atom stereocenters. The Hall–Kier alpha value is -1.81. The van der Waals surface area contributed by atoms with Gasteiger partial charge >= 0.3 is 12.1 Å². The van der Waals surface area contributed by atoms with Gasteiger partial charge in [0, 0.05) is 6.20 Å². The number of carbonyl (C=O) groups is 1. The van der Waals surface area contributed by atoms with Crippen molar-refractivity contribution in [2.45, 2.75) is 12.1 Å². The van der Waals surface area contributed by atoms with Crippen LogP contribution in [-0.2, 0) is 11.0 Å². The molecular formula is C9H4ClF3N2O2. The summed E-state index contributed by atoms with van der Waals surface area (Å²) in [6.07, 6.45) is -4.19. The summed E-state index contributed by atoms with van der Waals surface area (Å²) in [5.74, 6) is -3.22. The Morgan fingerprint density at radius 1 is 1.59 bits per heavy atom. The van der Waals surface area contributed by atoms with Crippen molar-refractivity contribution >= 4 is 17.6 Å². The molecule has 8 heteroatoms. The van der Waals surface area contributed by atoms with Crippen LogP contribution in [0.4, 0.5) is 13.2 Å². The maximum absolute atomic E-state index is 12.3. The van der Waals surface area contributed by atoms with E-state index in [1.54, 1.807) is 0 Å². The predicted octanol–water partition coefficient (Wildman–Crippen LogP) is 2.45. The molecule has 0 saturated carbocycles. The lowest BCUT2D eigenvalue weighted by atomic mass is 10.1. The number of aromatic nitrogens is 1. The van der Waals surface area contributed by atoms with Gasteiger partial charge in [0.1, 0.15) is 0 Å². The van der Waals surface area contributed by atoms with Crippen molar-refractivity contribution in [3.8, 4) is 6.07 Å². The topological polar surface area (TPSA) is 74.0 Å². The van der Waals surface area contributed by atoms with Crippen molar-refractivity contribution in [1.29, 1.82) is 5.26 Å². The van der Waals surface area contributed by atoms with Crippen LogP contribution in [0.15, 0.2) is 12.3 Å². The van der Waals surface area contributed by atoms with Crippen molar-refractivity contribution in [2.24, 2.45) is 0 Å². The minimum absolute atomic E-state index is 0.408. The fourth-order valence-corrected chi connectivity index (χ4v) is 1.32. The number of nitriles is 1. The number of carboxylic acid groups (broad SMARTS) is 1. The van der Waals surface area contributed by atoms with Crippen molar-refractivity contribution in [2.75, 3.05) is 0 Å². The van der Waals surface area contributed by atoms with E-state index in [2.05, 4.69) is 4.98 Å². The van der Waals surface area contributed by atoms with E-state index in [1.165, 1.54) is 6.07 Å². The Bertz CT molecular complexity index is 496. The minimum Gasteiger partial charge on any atom is -0.480 e. The molecule has 1 heterocycles. The molecule has 1 aromatic rings. The maximum Gasteiger partial charge on any atom is 0.417 e. The highest BCUT2D eigenvalue weighted by Crippen LogP contribution is 2.32. The summed E-state index contributed by atoms with van der Waals surface area (Å²) in [6.45, 7) is 0. The highest BCUT2D eigenvalue weighted by atomic mass is 35.5. The zero-order valence-corrected chi connectivity index (χ0v) is 8.75. The van der Waals surface area contributed by atoms with Gasteiger partial charge in [0.05, 0.1) is 22.3 Å². The van der Waals surface area contributed by atoms with Crippen LogP contribution in [0, 0.1) is 11.3 Å². The van der Waals surface area contributed by atoms with Crippen LogP contribution in [0.5, 0.6) is 0 Å². The predicted molar refractivity (Wildman–Crippen MR) is 50.2 cm³/mol. The van der Waals surface area contributed by atoms with Crippen molar-refractivity contribution in [1.82, 2.24) is 4.98 Å². The van der Waals surface area contributed by atoms with Gasteiger partial charge in [-0.3, -0.25) is 9.78 Å². The lowest BCUT2D eigenvalue weighted by molar-refractivity contribution is -0.138. The number of hydrogen-bond acceptors (Lipinski definition) is 3. The minimum atomic E-state index is -4.62. The molecule has 0 saturated heterocycles. The average Bonchev–Trinajstić information content (AvgIpc) is 2.19. The fourth-order valence-electron chi connectivity index (χ4n) is 1.05. The van der Waals surface area contributed by atoms with Crippen molar-refractivity contribution < 1.29 is 23.1 Å². The third kappa shape index (κ3) is 2.85. The molecular weight excluding hydrogens is 261 g/mol. The second-order valence-electron chi connectivity index (χ2n) is 2.99. The molecule has 90 valence electrons. The molecule has 0 aliphatic rings.